The highest BCUT2D eigenvalue weighted by Gasteiger charge is 2.33. The van der Waals surface area contributed by atoms with E-state index in [4.69, 9.17) is 0 Å². The number of aromatic amines is 1. The van der Waals surface area contributed by atoms with E-state index in [0.29, 0.717) is 30.7 Å². The van der Waals surface area contributed by atoms with E-state index in [9.17, 15) is 9.59 Å². The predicted octanol–water partition coefficient (Wildman–Crippen LogP) is 5.39. The largest absolute Gasteiger partial charge is 0.361 e. The van der Waals surface area contributed by atoms with Crippen molar-refractivity contribution >= 4 is 39.3 Å². The molecule has 2 atom stereocenters. The van der Waals surface area contributed by atoms with E-state index in [1.807, 2.05) is 72.7 Å². The van der Waals surface area contributed by atoms with Crippen LogP contribution in [0.1, 0.15) is 48.4 Å². The smallest absolute Gasteiger partial charge is 0.318 e. The van der Waals surface area contributed by atoms with Crippen molar-refractivity contribution in [2.45, 2.75) is 44.2 Å². The number of piperidine rings is 1. The van der Waals surface area contributed by atoms with Crippen LogP contribution in [0.15, 0.2) is 66.2 Å². The molecule has 1 aliphatic heterocycles. The fourth-order valence-electron chi connectivity index (χ4n) is 5.38. The van der Waals surface area contributed by atoms with Gasteiger partial charge in [0.15, 0.2) is 5.13 Å². The van der Waals surface area contributed by atoms with Gasteiger partial charge in [0.05, 0.1) is 5.69 Å². The second-order valence-electron chi connectivity index (χ2n) is 10.5. The number of fused-ring (bicyclic) bond motifs is 1. The number of anilines is 1. The number of nitrogens with zero attached hydrogens (tertiary/aromatic N) is 3. The summed E-state index contributed by atoms with van der Waals surface area (Å²) in [6, 6.07) is 17.5. The minimum atomic E-state index is -0.773. The van der Waals surface area contributed by atoms with Gasteiger partial charge in [-0.3, -0.25) is 4.79 Å². The molecule has 3 N–H and O–H groups in total. The minimum absolute atomic E-state index is 0.208. The van der Waals surface area contributed by atoms with Crippen molar-refractivity contribution in [3.63, 3.8) is 0 Å². The van der Waals surface area contributed by atoms with Gasteiger partial charge in [-0.15, -0.1) is 11.3 Å². The van der Waals surface area contributed by atoms with Crippen LogP contribution in [-0.4, -0.2) is 64.9 Å². The Kier molecular flexibility index (Phi) is 8.28. The summed E-state index contributed by atoms with van der Waals surface area (Å²) in [6.07, 6.45) is 3.74. The molecule has 0 radical (unpaired) electrons. The molecular formula is C30H36N6O2S. The van der Waals surface area contributed by atoms with E-state index in [-0.39, 0.29) is 17.9 Å². The molecule has 2 aromatic heterocycles. The number of rotatable bonds is 8. The van der Waals surface area contributed by atoms with Crippen molar-refractivity contribution in [3.05, 3.63) is 83.0 Å². The summed E-state index contributed by atoms with van der Waals surface area (Å²) in [4.78, 5) is 38.9. The van der Waals surface area contributed by atoms with Gasteiger partial charge in [0.2, 0.25) is 5.91 Å². The van der Waals surface area contributed by atoms with Gasteiger partial charge in [0.1, 0.15) is 6.04 Å². The molecule has 0 unspecified atom stereocenters. The lowest BCUT2D eigenvalue weighted by molar-refractivity contribution is -0.118. The number of aromatic nitrogens is 2. The number of para-hydroxylation sites is 1. The Hall–Kier alpha value is -3.69. The average molecular weight is 545 g/mol. The molecule has 3 amide bonds. The van der Waals surface area contributed by atoms with Crippen molar-refractivity contribution in [2.75, 3.05) is 32.5 Å². The zero-order valence-corrected chi connectivity index (χ0v) is 23.5. The zero-order chi connectivity index (χ0) is 27.4. The summed E-state index contributed by atoms with van der Waals surface area (Å²) in [7, 11) is 3.96. The van der Waals surface area contributed by atoms with Crippen LogP contribution < -0.4 is 10.6 Å². The molecule has 1 saturated heterocycles. The van der Waals surface area contributed by atoms with Crippen LogP contribution in [0, 0.1) is 0 Å². The van der Waals surface area contributed by atoms with E-state index >= 15 is 0 Å². The quantitative estimate of drug-likeness (QED) is 0.277. The van der Waals surface area contributed by atoms with E-state index in [0.717, 1.165) is 35.0 Å². The molecule has 4 aromatic rings. The standard InChI is InChI=1S/C30H36N6O2S/c1-20(25-17-31-26-12-8-7-11-24(25)26)27(28(37)34-29-32-23(19-39-29)18-35(2)3)33-30(38)36-15-13-22(14-16-36)21-9-5-4-6-10-21/h4-12,17,19-20,22,27,31H,13-16,18H2,1-3H3,(H,33,38)(H,32,34,37)/t20-,27-/m1/s1. The Morgan fingerprint density at radius 1 is 1.10 bits per heavy atom. The van der Waals surface area contributed by atoms with Crippen molar-refractivity contribution in [3.8, 4) is 0 Å². The first-order chi connectivity index (χ1) is 18.9. The molecule has 1 aliphatic rings. The molecule has 0 spiro atoms. The number of likely N-dealkylation sites (tertiary alicyclic amines) is 1. The Labute approximate surface area is 233 Å². The molecule has 3 heterocycles. The van der Waals surface area contributed by atoms with Gasteiger partial charge >= 0.3 is 6.03 Å². The fraction of sp³-hybridized carbons (Fsp3) is 0.367. The zero-order valence-electron chi connectivity index (χ0n) is 22.7. The third kappa shape index (κ3) is 6.32. The molecule has 39 heavy (non-hydrogen) atoms. The summed E-state index contributed by atoms with van der Waals surface area (Å²) in [5.41, 5.74) is 4.20. The second-order valence-corrected chi connectivity index (χ2v) is 11.4. The van der Waals surface area contributed by atoms with Gasteiger partial charge in [0.25, 0.3) is 0 Å². The monoisotopic (exact) mass is 544 g/mol. The van der Waals surface area contributed by atoms with Crippen LogP contribution in [0.5, 0.6) is 0 Å². The molecule has 5 rings (SSSR count). The van der Waals surface area contributed by atoms with Crippen LogP contribution in [-0.2, 0) is 11.3 Å². The predicted molar refractivity (Wildman–Crippen MR) is 157 cm³/mol. The van der Waals surface area contributed by atoms with Gasteiger partial charge in [-0.2, -0.15) is 0 Å². The summed E-state index contributed by atoms with van der Waals surface area (Å²) in [5, 5.41) is 9.58. The number of carbonyl (C=O) groups is 2. The Balaban J connectivity index is 1.32. The molecule has 9 heteroatoms. The number of nitrogens with one attached hydrogen (secondary N) is 3. The first-order valence-electron chi connectivity index (χ1n) is 13.5. The van der Waals surface area contributed by atoms with Crippen molar-refractivity contribution in [1.82, 2.24) is 25.1 Å². The number of thiazole rings is 1. The van der Waals surface area contributed by atoms with Crippen molar-refractivity contribution < 1.29 is 9.59 Å². The number of hydrogen-bond acceptors (Lipinski definition) is 5. The van der Waals surface area contributed by atoms with Crippen LogP contribution in [0.3, 0.4) is 0 Å². The third-order valence-electron chi connectivity index (χ3n) is 7.49. The first kappa shape index (κ1) is 26.9. The molecule has 0 saturated carbocycles. The highest BCUT2D eigenvalue weighted by Crippen LogP contribution is 2.30. The normalized spacial score (nSPS) is 15.8. The average Bonchev–Trinajstić information content (AvgIpc) is 3.58. The maximum absolute atomic E-state index is 13.7. The lowest BCUT2D eigenvalue weighted by atomic mass is 9.89. The van der Waals surface area contributed by atoms with Crippen LogP contribution >= 0.6 is 11.3 Å². The number of urea groups is 1. The van der Waals surface area contributed by atoms with E-state index in [2.05, 4.69) is 44.9 Å². The van der Waals surface area contributed by atoms with Gasteiger partial charge < -0.3 is 25.4 Å². The van der Waals surface area contributed by atoms with Crippen molar-refractivity contribution in [1.29, 1.82) is 0 Å². The Bertz CT molecular complexity index is 1410. The number of hydrogen-bond donors (Lipinski definition) is 3. The van der Waals surface area contributed by atoms with Crippen LogP contribution in [0.25, 0.3) is 10.9 Å². The topological polar surface area (TPSA) is 93.4 Å². The third-order valence-corrected chi connectivity index (χ3v) is 8.29. The molecule has 0 aliphatic carbocycles. The number of benzene rings is 2. The number of H-pyrrole nitrogens is 1. The molecule has 1 fully saturated rings. The van der Waals surface area contributed by atoms with E-state index < -0.39 is 6.04 Å². The lowest BCUT2D eigenvalue weighted by Gasteiger charge is -2.34. The summed E-state index contributed by atoms with van der Waals surface area (Å²) in [5.74, 6) is -0.0972. The van der Waals surface area contributed by atoms with Gasteiger partial charge in [-0.05, 0) is 50.0 Å². The Morgan fingerprint density at radius 2 is 1.82 bits per heavy atom. The maximum atomic E-state index is 13.7. The first-order valence-corrected chi connectivity index (χ1v) is 14.3. The van der Waals surface area contributed by atoms with Crippen LogP contribution in [0.4, 0.5) is 9.93 Å². The highest BCUT2D eigenvalue weighted by atomic mass is 32.1. The molecular weight excluding hydrogens is 508 g/mol. The van der Waals surface area contributed by atoms with Gasteiger partial charge in [0, 0.05) is 48.0 Å². The minimum Gasteiger partial charge on any atom is -0.361 e. The number of carbonyl (C=O) groups excluding carboxylic acids is 2. The molecule has 8 nitrogen and oxygen atoms in total. The van der Waals surface area contributed by atoms with Crippen molar-refractivity contribution in [2.24, 2.45) is 0 Å². The van der Waals surface area contributed by atoms with E-state index in [1.54, 1.807) is 0 Å². The molecule has 0 bridgehead atoms. The second kappa shape index (κ2) is 12.0. The van der Waals surface area contributed by atoms with Crippen LogP contribution in [0.2, 0.25) is 0 Å². The lowest BCUT2D eigenvalue weighted by Crippen LogP contribution is -2.53. The fourth-order valence-corrected chi connectivity index (χ4v) is 6.08. The highest BCUT2D eigenvalue weighted by molar-refractivity contribution is 7.13. The Morgan fingerprint density at radius 3 is 2.56 bits per heavy atom. The molecule has 2 aromatic carbocycles. The van der Waals surface area contributed by atoms with Gasteiger partial charge in [-0.1, -0.05) is 55.5 Å². The summed E-state index contributed by atoms with van der Waals surface area (Å²) < 4.78 is 0. The summed E-state index contributed by atoms with van der Waals surface area (Å²) in [6.45, 7) is 3.99. The summed E-state index contributed by atoms with van der Waals surface area (Å²) >= 11 is 1.40. The molecule has 204 valence electrons. The van der Waals surface area contributed by atoms with Gasteiger partial charge in [-0.25, -0.2) is 9.78 Å². The van der Waals surface area contributed by atoms with E-state index in [1.165, 1.54) is 16.9 Å². The SMILES string of the molecule is C[C@H](c1c[nH]c2ccccc12)[C@@H](NC(=O)N1CCC(c2ccccc2)CC1)C(=O)Nc1nc(CN(C)C)cs1. The maximum Gasteiger partial charge on any atom is 0.318 e. The number of amides is 3.